The molecular weight excluding hydrogens is 449 g/mol. The summed E-state index contributed by atoms with van der Waals surface area (Å²) in [6.07, 6.45) is 0. The third-order valence-corrected chi connectivity index (χ3v) is 5.73. The molecule has 2 aromatic carbocycles. The van der Waals surface area contributed by atoms with Crippen LogP contribution in [0.3, 0.4) is 0 Å². The molecule has 2 N–H and O–H groups in total. The van der Waals surface area contributed by atoms with Gasteiger partial charge in [0.2, 0.25) is 10.0 Å². The van der Waals surface area contributed by atoms with Crippen LogP contribution in [0, 0.1) is 5.82 Å². The Kier molecular flexibility index (Phi) is 7.04. The van der Waals surface area contributed by atoms with Gasteiger partial charge in [0.1, 0.15) is 0 Å². The van der Waals surface area contributed by atoms with Gasteiger partial charge in [-0.3, -0.25) is 0 Å². The fourth-order valence-corrected chi connectivity index (χ4v) is 3.67. The Bertz CT molecular complexity index is 890. The van der Waals surface area contributed by atoms with E-state index in [1.54, 1.807) is 12.1 Å². The lowest BCUT2D eigenvalue weighted by molar-refractivity contribution is -0.139. The van der Waals surface area contributed by atoms with Gasteiger partial charge in [-0.15, -0.1) is 0 Å². The number of carbonyl (C=O) groups is 1. The fourth-order valence-electron chi connectivity index (χ4n) is 1.98. The minimum Gasteiger partial charge on any atom is -0.479 e. The number of ether oxygens (including phenoxy) is 1. The predicted octanol–water partition coefficient (Wildman–Crippen LogP) is 3.00. The van der Waals surface area contributed by atoms with Crippen molar-refractivity contribution in [2.24, 2.45) is 0 Å². The normalized spacial score (nSPS) is 12.6. The van der Waals surface area contributed by atoms with Crippen LogP contribution >= 0.6 is 28.6 Å². The second kappa shape index (κ2) is 8.85. The van der Waals surface area contributed by atoms with E-state index in [-0.39, 0.29) is 17.2 Å². The molecule has 0 amide bonds. The smallest absolute Gasteiger partial charge is 0.341 e. The van der Waals surface area contributed by atoms with Gasteiger partial charge in [-0.25, -0.2) is 22.3 Å². The minimum absolute atomic E-state index is 0.0592. The van der Waals surface area contributed by atoms with Crippen molar-refractivity contribution in [1.82, 2.24) is 4.72 Å². The highest BCUT2D eigenvalue weighted by molar-refractivity contribution is 9.10. The van der Waals surface area contributed by atoms with Crippen molar-refractivity contribution in [2.45, 2.75) is 10.1 Å². The molecule has 10 heteroatoms. The number of halogens is 2. The molecular formula is C16H15BrFNO5S2. The van der Waals surface area contributed by atoms with E-state index < -0.39 is 33.7 Å². The lowest BCUT2D eigenvalue weighted by Crippen LogP contribution is -2.27. The third kappa shape index (κ3) is 5.70. The average Bonchev–Trinajstić information content (AvgIpc) is 2.59. The molecule has 0 spiro atoms. The SMILES string of the molecule is O=C(O)COc1ccc(C(S)CNS(=O)(=O)c2ccc(Br)cc2)cc1F. The summed E-state index contributed by atoms with van der Waals surface area (Å²) < 4.78 is 46.4. The maximum Gasteiger partial charge on any atom is 0.341 e. The van der Waals surface area contributed by atoms with Crippen LogP contribution in [0.1, 0.15) is 10.8 Å². The molecule has 0 bridgehead atoms. The third-order valence-electron chi connectivity index (χ3n) is 3.28. The number of sulfonamides is 1. The Morgan fingerprint density at radius 3 is 2.50 bits per heavy atom. The van der Waals surface area contributed by atoms with Gasteiger partial charge in [-0.1, -0.05) is 22.0 Å². The van der Waals surface area contributed by atoms with Gasteiger partial charge in [0.05, 0.1) is 4.90 Å². The number of carboxylic acid groups (broad SMARTS) is 1. The van der Waals surface area contributed by atoms with Gasteiger partial charge in [0.15, 0.2) is 18.2 Å². The summed E-state index contributed by atoms with van der Waals surface area (Å²) >= 11 is 7.52. The van der Waals surface area contributed by atoms with Crippen LogP contribution in [-0.4, -0.2) is 32.6 Å². The topological polar surface area (TPSA) is 92.7 Å². The quantitative estimate of drug-likeness (QED) is 0.523. The molecule has 1 unspecified atom stereocenters. The number of benzene rings is 2. The number of carboxylic acids is 1. The van der Waals surface area contributed by atoms with Gasteiger partial charge in [0.25, 0.3) is 0 Å². The highest BCUT2D eigenvalue weighted by Crippen LogP contribution is 2.26. The van der Waals surface area contributed by atoms with E-state index in [9.17, 15) is 17.6 Å². The number of thiol groups is 1. The van der Waals surface area contributed by atoms with Gasteiger partial charge in [-0.2, -0.15) is 12.6 Å². The van der Waals surface area contributed by atoms with Crippen molar-refractivity contribution in [2.75, 3.05) is 13.2 Å². The molecule has 0 aliphatic rings. The molecule has 0 fully saturated rings. The molecule has 140 valence electrons. The zero-order valence-corrected chi connectivity index (χ0v) is 16.5. The zero-order chi connectivity index (χ0) is 19.3. The summed E-state index contributed by atoms with van der Waals surface area (Å²) in [7, 11) is -3.72. The summed E-state index contributed by atoms with van der Waals surface area (Å²) in [6, 6.07) is 10.0. The summed E-state index contributed by atoms with van der Waals surface area (Å²) in [5.74, 6) is -2.17. The van der Waals surface area contributed by atoms with Crippen LogP contribution in [0.2, 0.25) is 0 Å². The number of hydrogen-bond donors (Lipinski definition) is 3. The molecule has 0 aromatic heterocycles. The molecule has 1 atom stereocenters. The van der Waals surface area contributed by atoms with E-state index in [1.807, 2.05) is 0 Å². The van der Waals surface area contributed by atoms with E-state index >= 15 is 0 Å². The Morgan fingerprint density at radius 2 is 1.92 bits per heavy atom. The van der Waals surface area contributed by atoms with E-state index in [4.69, 9.17) is 9.84 Å². The Morgan fingerprint density at radius 1 is 1.27 bits per heavy atom. The van der Waals surface area contributed by atoms with Crippen molar-refractivity contribution in [3.63, 3.8) is 0 Å². The van der Waals surface area contributed by atoms with E-state index in [0.29, 0.717) is 5.56 Å². The van der Waals surface area contributed by atoms with E-state index in [1.165, 1.54) is 24.3 Å². The molecule has 0 saturated carbocycles. The Hall–Kier alpha value is -1.62. The van der Waals surface area contributed by atoms with Crippen molar-refractivity contribution in [1.29, 1.82) is 0 Å². The molecule has 0 aliphatic heterocycles. The first kappa shape index (κ1) is 20.7. The number of rotatable bonds is 8. The maximum atomic E-state index is 13.9. The monoisotopic (exact) mass is 463 g/mol. The zero-order valence-electron chi connectivity index (χ0n) is 13.2. The van der Waals surface area contributed by atoms with Crippen molar-refractivity contribution < 1.29 is 27.4 Å². The molecule has 2 rings (SSSR count). The summed E-state index contributed by atoms with van der Waals surface area (Å²) in [4.78, 5) is 10.5. The highest BCUT2D eigenvalue weighted by atomic mass is 79.9. The van der Waals surface area contributed by atoms with Gasteiger partial charge >= 0.3 is 5.97 Å². The standard InChI is InChI=1S/C16H15BrFNO5S2/c17-11-2-4-12(5-3-11)26(22,23)19-8-15(25)10-1-6-14(13(18)7-10)24-9-16(20)21/h1-7,15,19,25H,8-9H2,(H,20,21). The number of hydrogen-bond acceptors (Lipinski definition) is 5. The number of aliphatic carboxylic acids is 1. The average molecular weight is 464 g/mol. The molecule has 0 radical (unpaired) electrons. The maximum absolute atomic E-state index is 13.9. The second-order valence-corrected chi connectivity index (χ2v) is 8.50. The van der Waals surface area contributed by atoms with Crippen LogP contribution in [-0.2, 0) is 14.8 Å². The summed E-state index contributed by atoms with van der Waals surface area (Å²) in [5.41, 5.74) is 0.423. The second-order valence-electron chi connectivity index (χ2n) is 5.19. The van der Waals surface area contributed by atoms with Gasteiger partial charge < -0.3 is 9.84 Å². The Balaban J connectivity index is 2.03. The van der Waals surface area contributed by atoms with E-state index in [2.05, 4.69) is 33.3 Å². The van der Waals surface area contributed by atoms with E-state index in [0.717, 1.165) is 10.5 Å². The van der Waals surface area contributed by atoms with Crippen molar-refractivity contribution in [3.8, 4) is 5.75 Å². The van der Waals surface area contributed by atoms with Gasteiger partial charge in [0, 0.05) is 16.3 Å². The summed E-state index contributed by atoms with van der Waals surface area (Å²) in [6.45, 7) is -0.718. The fraction of sp³-hybridized carbons (Fsp3) is 0.188. The minimum atomic E-state index is -3.72. The van der Waals surface area contributed by atoms with Crippen molar-refractivity contribution >= 4 is 44.6 Å². The van der Waals surface area contributed by atoms with Crippen LogP contribution in [0.15, 0.2) is 51.8 Å². The lowest BCUT2D eigenvalue weighted by atomic mass is 10.1. The lowest BCUT2D eigenvalue weighted by Gasteiger charge is -2.14. The van der Waals surface area contributed by atoms with Crippen LogP contribution in [0.4, 0.5) is 4.39 Å². The molecule has 0 saturated heterocycles. The number of nitrogens with one attached hydrogen (secondary N) is 1. The van der Waals surface area contributed by atoms with Crippen molar-refractivity contribution in [3.05, 3.63) is 58.3 Å². The molecule has 6 nitrogen and oxygen atoms in total. The molecule has 0 aliphatic carbocycles. The molecule has 2 aromatic rings. The first-order chi connectivity index (χ1) is 12.2. The van der Waals surface area contributed by atoms with Gasteiger partial charge in [-0.05, 0) is 42.0 Å². The highest BCUT2D eigenvalue weighted by Gasteiger charge is 2.17. The molecule has 26 heavy (non-hydrogen) atoms. The largest absolute Gasteiger partial charge is 0.479 e. The van der Waals surface area contributed by atoms with Crippen LogP contribution in [0.25, 0.3) is 0 Å². The molecule has 0 heterocycles. The first-order valence-electron chi connectivity index (χ1n) is 7.26. The van der Waals surface area contributed by atoms with Crippen LogP contribution < -0.4 is 9.46 Å². The van der Waals surface area contributed by atoms with Crippen LogP contribution in [0.5, 0.6) is 5.75 Å². The predicted molar refractivity (Wildman–Crippen MR) is 101 cm³/mol. The first-order valence-corrected chi connectivity index (χ1v) is 10.1. The Labute approximate surface area is 164 Å². The summed E-state index contributed by atoms with van der Waals surface area (Å²) in [5, 5.41) is 7.93.